The van der Waals surface area contributed by atoms with E-state index in [0.717, 1.165) is 30.5 Å². The van der Waals surface area contributed by atoms with E-state index in [9.17, 15) is 4.79 Å². The van der Waals surface area contributed by atoms with Gasteiger partial charge < -0.3 is 11.1 Å². The second kappa shape index (κ2) is 6.66. The van der Waals surface area contributed by atoms with Crippen molar-refractivity contribution in [2.75, 3.05) is 6.54 Å². The van der Waals surface area contributed by atoms with Crippen molar-refractivity contribution in [3.63, 3.8) is 0 Å². The largest absolute Gasteiger partial charge is 0.352 e. The van der Waals surface area contributed by atoms with Crippen molar-refractivity contribution < 1.29 is 4.79 Å². The lowest BCUT2D eigenvalue weighted by Crippen LogP contribution is -2.39. The van der Waals surface area contributed by atoms with Crippen molar-refractivity contribution in [3.8, 4) is 0 Å². The molecule has 1 aliphatic rings. The number of hydrogen-bond donors (Lipinski definition) is 2. The molecular weight excluding hydrogens is 238 g/mol. The Balaban J connectivity index is 1.87. The maximum atomic E-state index is 12.2. The van der Waals surface area contributed by atoms with Crippen LogP contribution in [0.1, 0.15) is 36.9 Å². The first-order chi connectivity index (χ1) is 9.20. The van der Waals surface area contributed by atoms with Crippen LogP contribution >= 0.6 is 0 Å². The minimum Gasteiger partial charge on any atom is -0.352 e. The number of carbonyl (C=O) groups is 1. The van der Waals surface area contributed by atoms with Gasteiger partial charge in [0.25, 0.3) is 0 Å². The summed E-state index contributed by atoms with van der Waals surface area (Å²) in [4.78, 5) is 16.4. The highest BCUT2D eigenvalue weighted by molar-refractivity contribution is 5.79. The number of rotatable bonds is 4. The molecule has 1 saturated carbocycles. The van der Waals surface area contributed by atoms with Gasteiger partial charge in [-0.15, -0.1) is 0 Å². The van der Waals surface area contributed by atoms with Crippen LogP contribution in [0.5, 0.6) is 0 Å². The van der Waals surface area contributed by atoms with Gasteiger partial charge >= 0.3 is 0 Å². The average molecular weight is 261 g/mol. The van der Waals surface area contributed by atoms with Gasteiger partial charge in [-0.25, -0.2) is 0 Å². The number of hydrogen-bond acceptors (Lipinski definition) is 3. The molecule has 2 atom stereocenters. The maximum Gasteiger partial charge on any atom is 0.223 e. The van der Waals surface area contributed by atoms with Crippen molar-refractivity contribution in [1.82, 2.24) is 10.3 Å². The SMILES string of the molecule is Cc1ccc(CNC(=O)C2CCCCC2CN)cn1. The van der Waals surface area contributed by atoms with Gasteiger partial charge in [-0.1, -0.05) is 18.9 Å². The second-order valence-electron chi connectivity index (χ2n) is 5.41. The van der Waals surface area contributed by atoms with E-state index in [4.69, 9.17) is 5.73 Å². The Morgan fingerprint density at radius 3 is 2.89 bits per heavy atom. The number of nitrogens with zero attached hydrogens (tertiary/aromatic N) is 1. The van der Waals surface area contributed by atoms with Gasteiger partial charge in [0.15, 0.2) is 0 Å². The topological polar surface area (TPSA) is 68.0 Å². The fourth-order valence-electron chi connectivity index (χ4n) is 2.76. The van der Waals surface area contributed by atoms with Crippen molar-refractivity contribution in [2.45, 2.75) is 39.2 Å². The molecule has 0 radical (unpaired) electrons. The monoisotopic (exact) mass is 261 g/mol. The number of amides is 1. The highest BCUT2D eigenvalue weighted by atomic mass is 16.1. The summed E-state index contributed by atoms with van der Waals surface area (Å²) in [5, 5.41) is 3.02. The van der Waals surface area contributed by atoms with Gasteiger partial charge in [-0.05, 0) is 43.9 Å². The Kier molecular flexibility index (Phi) is 4.91. The summed E-state index contributed by atoms with van der Waals surface area (Å²) in [7, 11) is 0. The fourth-order valence-corrected chi connectivity index (χ4v) is 2.76. The van der Waals surface area contributed by atoms with E-state index in [2.05, 4.69) is 10.3 Å². The molecule has 1 fully saturated rings. The molecule has 3 N–H and O–H groups in total. The molecule has 2 unspecified atom stereocenters. The molecule has 2 rings (SSSR count). The molecule has 0 saturated heterocycles. The van der Waals surface area contributed by atoms with Crippen LogP contribution in [0.3, 0.4) is 0 Å². The van der Waals surface area contributed by atoms with Crippen LogP contribution in [0.25, 0.3) is 0 Å². The lowest BCUT2D eigenvalue weighted by Gasteiger charge is -2.29. The number of nitrogens with one attached hydrogen (secondary N) is 1. The van der Waals surface area contributed by atoms with Crippen molar-refractivity contribution >= 4 is 5.91 Å². The van der Waals surface area contributed by atoms with Crippen LogP contribution < -0.4 is 11.1 Å². The fraction of sp³-hybridized carbons (Fsp3) is 0.600. The normalized spacial score (nSPS) is 23.1. The summed E-state index contributed by atoms with van der Waals surface area (Å²) in [5.74, 6) is 0.595. The van der Waals surface area contributed by atoms with E-state index in [1.165, 1.54) is 6.42 Å². The molecule has 0 spiro atoms. The molecule has 1 aromatic rings. The first-order valence-corrected chi connectivity index (χ1v) is 7.10. The summed E-state index contributed by atoms with van der Waals surface area (Å²) in [6.07, 6.45) is 6.21. The quantitative estimate of drug-likeness (QED) is 0.868. The van der Waals surface area contributed by atoms with Gasteiger partial charge in [0.2, 0.25) is 5.91 Å². The second-order valence-corrected chi connectivity index (χ2v) is 5.41. The Morgan fingerprint density at radius 2 is 2.21 bits per heavy atom. The number of pyridine rings is 1. The third kappa shape index (κ3) is 3.77. The van der Waals surface area contributed by atoms with Gasteiger partial charge in [0, 0.05) is 24.4 Å². The zero-order chi connectivity index (χ0) is 13.7. The first-order valence-electron chi connectivity index (χ1n) is 7.10. The zero-order valence-corrected chi connectivity index (χ0v) is 11.6. The zero-order valence-electron chi connectivity index (χ0n) is 11.6. The van der Waals surface area contributed by atoms with Crippen LogP contribution in [-0.4, -0.2) is 17.4 Å². The highest BCUT2D eigenvalue weighted by Crippen LogP contribution is 2.29. The van der Waals surface area contributed by atoms with Crippen LogP contribution in [0, 0.1) is 18.8 Å². The molecule has 4 nitrogen and oxygen atoms in total. The standard InChI is InChI=1S/C15H23N3O/c1-11-6-7-12(9-17-11)10-18-15(19)14-5-3-2-4-13(14)8-16/h6-7,9,13-14H,2-5,8,10,16H2,1H3,(H,18,19). The minimum atomic E-state index is 0.0946. The van der Waals surface area contributed by atoms with E-state index in [1.807, 2.05) is 25.3 Å². The molecule has 19 heavy (non-hydrogen) atoms. The lowest BCUT2D eigenvalue weighted by atomic mass is 9.79. The Hall–Kier alpha value is -1.42. The molecular formula is C15H23N3O. The molecule has 1 aliphatic carbocycles. The Labute approximate surface area is 114 Å². The molecule has 1 aromatic heterocycles. The summed E-state index contributed by atoms with van der Waals surface area (Å²) >= 11 is 0. The maximum absolute atomic E-state index is 12.2. The summed E-state index contributed by atoms with van der Waals surface area (Å²) < 4.78 is 0. The van der Waals surface area contributed by atoms with Crippen LogP contribution in [-0.2, 0) is 11.3 Å². The predicted molar refractivity (Wildman–Crippen MR) is 75.3 cm³/mol. The van der Waals surface area contributed by atoms with Crippen molar-refractivity contribution in [1.29, 1.82) is 0 Å². The molecule has 0 aliphatic heterocycles. The summed E-state index contributed by atoms with van der Waals surface area (Å²) in [6, 6.07) is 3.97. The number of aryl methyl sites for hydroxylation is 1. The van der Waals surface area contributed by atoms with E-state index in [1.54, 1.807) is 0 Å². The summed E-state index contributed by atoms with van der Waals surface area (Å²) in [6.45, 7) is 3.13. The molecule has 1 amide bonds. The number of aromatic nitrogens is 1. The molecule has 4 heteroatoms. The van der Waals surface area contributed by atoms with Gasteiger partial charge in [0.05, 0.1) is 0 Å². The average Bonchev–Trinajstić information content (AvgIpc) is 2.46. The van der Waals surface area contributed by atoms with E-state index in [-0.39, 0.29) is 11.8 Å². The smallest absolute Gasteiger partial charge is 0.223 e. The molecule has 0 aromatic carbocycles. The number of nitrogens with two attached hydrogens (primary N) is 1. The summed E-state index contributed by atoms with van der Waals surface area (Å²) in [5.41, 5.74) is 7.80. The van der Waals surface area contributed by atoms with E-state index in [0.29, 0.717) is 19.0 Å². The Bertz CT molecular complexity index is 416. The molecule has 104 valence electrons. The minimum absolute atomic E-state index is 0.0946. The first kappa shape index (κ1) is 14.0. The predicted octanol–water partition coefficient (Wildman–Crippen LogP) is 1.77. The lowest BCUT2D eigenvalue weighted by molar-refractivity contribution is -0.127. The Morgan fingerprint density at radius 1 is 1.42 bits per heavy atom. The molecule has 1 heterocycles. The van der Waals surface area contributed by atoms with Crippen molar-refractivity contribution in [3.05, 3.63) is 29.6 Å². The van der Waals surface area contributed by atoms with E-state index < -0.39 is 0 Å². The number of carbonyl (C=O) groups excluding carboxylic acids is 1. The third-order valence-corrected chi connectivity index (χ3v) is 3.99. The van der Waals surface area contributed by atoms with E-state index >= 15 is 0 Å². The van der Waals surface area contributed by atoms with Gasteiger partial charge in [-0.2, -0.15) is 0 Å². The van der Waals surface area contributed by atoms with Crippen LogP contribution in [0.2, 0.25) is 0 Å². The van der Waals surface area contributed by atoms with Crippen LogP contribution in [0.4, 0.5) is 0 Å². The van der Waals surface area contributed by atoms with Crippen molar-refractivity contribution in [2.24, 2.45) is 17.6 Å². The van der Waals surface area contributed by atoms with Crippen LogP contribution in [0.15, 0.2) is 18.3 Å². The van der Waals surface area contributed by atoms with Gasteiger partial charge in [0.1, 0.15) is 0 Å². The van der Waals surface area contributed by atoms with Gasteiger partial charge in [-0.3, -0.25) is 9.78 Å². The highest BCUT2D eigenvalue weighted by Gasteiger charge is 2.29. The molecule has 0 bridgehead atoms. The third-order valence-electron chi connectivity index (χ3n) is 3.99.